The van der Waals surface area contributed by atoms with E-state index in [4.69, 9.17) is 9.16 Å². The molecule has 0 aromatic heterocycles. The van der Waals surface area contributed by atoms with Crippen LogP contribution in [0.3, 0.4) is 0 Å². The second-order valence-corrected chi connectivity index (χ2v) is 9.09. The van der Waals surface area contributed by atoms with E-state index in [1.165, 1.54) is 11.9 Å². The fourth-order valence-electron chi connectivity index (χ4n) is 1.56. The van der Waals surface area contributed by atoms with E-state index >= 15 is 0 Å². The first-order valence-corrected chi connectivity index (χ1v) is 8.30. The Morgan fingerprint density at radius 2 is 2.07 bits per heavy atom. The van der Waals surface area contributed by atoms with Crippen molar-refractivity contribution in [3.05, 3.63) is 0 Å². The van der Waals surface area contributed by atoms with Gasteiger partial charge in [0.2, 0.25) is 11.8 Å². The van der Waals surface area contributed by atoms with Gasteiger partial charge in [-0.3, -0.25) is 4.79 Å². The minimum atomic E-state index is -1.80. The van der Waals surface area contributed by atoms with Gasteiger partial charge in [-0.05, 0) is 19.6 Å². The topological polar surface area (TPSA) is 51.1 Å². The highest BCUT2D eigenvalue weighted by Crippen LogP contribution is 2.29. The molecular weight excluding hydrogens is 212 g/mol. The van der Waals surface area contributed by atoms with Crippen LogP contribution < -0.4 is 0 Å². The molecule has 1 heterocycles. The fraction of sp³-hybridized carbons (Fsp3) is 0.778. The molecule has 0 saturated carbocycles. The summed E-state index contributed by atoms with van der Waals surface area (Å²) in [5.74, 6) is -0.807. The molecule has 1 unspecified atom stereocenters. The maximum Gasteiger partial charge on any atom is 0.305 e. The lowest BCUT2D eigenvalue weighted by Crippen LogP contribution is -2.51. The molecule has 1 aliphatic heterocycles. The third-order valence-corrected chi connectivity index (χ3v) is 2.75. The summed E-state index contributed by atoms with van der Waals surface area (Å²) in [6.07, 6.45) is 0. The summed E-state index contributed by atoms with van der Waals surface area (Å²) >= 11 is 0. The summed E-state index contributed by atoms with van der Waals surface area (Å²) in [6.45, 7) is 11.0. The monoisotopic (exact) mass is 230 g/mol. The smallest absolute Gasteiger partial charge is 0.305 e. The van der Waals surface area contributed by atoms with Crippen molar-refractivity contribution < 1.29 is 14.0 Å². The number of carbonyl (C=O) groups is 1. The maximum atomic E-state index is 11.4. The van der Waals surface area contributed by atoms with Crippen LogP contribution in [0.25, 0.3) is 0 Å². The second kappa shape index (κ2) is 3.60. The Labute approximate surface area is 91.2 Å². The lowest BCUT2D eigenvalue weighted by molar-refractivity contribution is -0.205. The molecule has 86 valence electrons. The van der Waals surface area contributed by atoms with Crippen LogP contribution in [0, 0.1) is 0 Å². The third-order valence-electron chi connectivity index (χ3n) is 1.76. The van der Waals surface area contributed by atoms with Crippen LogP contribution >= 0.6 is 0 Å². The van der Waals surface area contributed by atoms with E-state index in [0.29, 0.717) is 5.90 Å². The summed E-state index contributed by atoms with van der Waals surface area (Å²) in [7, 11) is -1.80. The number of ether oxygens (including phenoxy) is 1. The minimum absolute atomic E-state index is 0.187. The van der Waals surface area contributed by atoms with Crippen LogP contribution in [0.5, 0.6) is 0 Å². The first-order chi connectivity index (χ1) is 6.64. The Kier molecular flexibility index (Phi) is 2.93. The number of hydrogen-bond donors (Lipinski definition) is 0. The molecule has 0 saturated heterocycles. The summed E-state index contributed by atoms with van der Waals surface area (Å²) in [5.41, 5.74) is 0. The van der Waals surface area contributed by atoms with Crippen molar-refractivity contribution in [2.45, 2.75) is 46.3 Å². The molecule has 0 bridgehead atoms. The molecular formula is C9H18N2O3Si. The molecule has 0 aromatic carbocycles. The zero-order valence-corrected chi connectivity index (χ0v) is 11.1. The average Bonchev–Trinajstić information content (AvgIpc) is 2.21. The molecule has 0 N–H and O–H groups in total. The molecule has 0 radical (unpaired) electrons. The van der Waals surface area contributed by atoms with Gasteiger partial charge in [-0.15, -0.1) is 5.10 Å². The molecule has 1 amide bonds. The van der Waals surface area contributed by atoms with Gasteiger partial charge in [0.1, 0.15) is 0 Å². The van der Waals surface area contributed by atoms with Gasteiger partial charge in [-0.1, -0.05) is 0 Å². The van der Waals surface area contributed by atoms with Gasteiger partial charge >= 0.3 is 5.91 Å². The molecule has 1 aliphatic rings. The van der Waals surface area contributed by atoms with E-state index < -0.39 is 14.2 Å². The first-order valence-electron chi connectivity index (χ1n) is 4.89. The van der Waals surface area contributed by atoms with Gasteiger partial charge in [-0.2, -0.15) is 5.01 Å². The predicted molar refractivity (Wildman–Crippen MR) is 59.6 cm³/mol. The van der Waals surface area contributed by atoms with E-state index in [1.807, 2.05) is 19.6 Å². The van der Waals surface area contributed by atoms with Crippen LogP contribution in [0.1, 0.15) is 20.8 Å². The Morgan fingerprint density at radius 1 is 1.53 bits per heavy atom. The minimum Gasteiger partial charge on any atom is -0.429 e. The molecule has 5 nitrogen and oxygen atoms in total. The summed E-state index contributed by atoms with van der Waals surface area (Å²) in [6, 6.07) is 0. The van der Waals surface area contributed by atoms with Crippen molar-refractivity contribution in [3.63, 3.8) is 0 Å². The van der Waals surface area contributed by atoms with Crippen molar-refractivity contribution >= 4 is 20.1 Å². The Balaban J connectivity index is 2.90. The molecule has 0 fully saturated rings. The Morgan fingerprint density at radius 3 is 2.47 bits per heavy atom. The largest absolute Gasteiger partial charge is 0.429 e. The van der Waals surface area contributed by atoms with Crippen LogP contribution in [0.2, 0.25) is 19.6 Å². The molecule has 15 heavy (non-hydrogen) atoms. The molecule has 1 rings (SSSR count). The van der Waals surface area contributed by atoms with Crippen molar-refractivity contribution in [1.82, 2.24) is 5.01 Å². The molecule has 6 heteroatoms. The van der Waals surface area contributed by atoms with Gasteiger partial charge in [0.25, 0.3) is 0 Å². The van der Waals surface area contributed by atoms with E-state index in [1.54, 1.807) is 13.8 Å². The third kappa shape index (κ3) is 2.79. The molecule has 0 aromatic rings. The van der Waals surface area contributed by atoms with Crippen molar-refractivity contribution in [2.24, 2.45) is 5.10 Å². The quantitative estimate of drug-likeness (QED) is 0.679. The van der Waals surface area contributed by atoms with Gasteiger partial charge in [0, 0.05) is 20.8 Å². The number of carbonyl (C=O) groups excluding carboxylic acids is 1. The van der Waals surface area contributed by atoms with Gasteiger partial charge < -0.3 is 9.16 Å². The predicted octanol–water partition coefficient (Wildman–Crippen LogP) is 1.72. The number of rotatable bonds is 2. The van der Waals surface area contributed by atoms with E-state index in [2.05, 4.69) is 5.10 Å². The fourth-order valence-corrected chi connectivity index (χ4v) is 2.82. The normalized spacial score (nSPS) is 26.3. The van der Waals surface area contributed by atoms with Gasteiger partial charge in [0.05, 0.1) is 0 Å². The SMILES string of the molecule is CC(=O)N1N=C(C)OC1(C)O[Si](C)(C)C. The Bertz CT molecular complexity index is 311. The highest BCUT2D eigenvalue weighted by atomic mass is 28.4. The highest BCUT2D eigenvalue weighted by Gasteiger charge is 2.45. The number of nitrogens with zero attached hydrogens (tertiary/aromatic N) is 2. The van der Waals surface area contributed by atoms with Gasteiger partial charge in [-0.25, -0.2) is 0 Å². The Hall–Kier alpha value is -0.883. The van der Waals surface area contributed by atoms with Crippen LogP contribution in [0.4, 0.5) is 0 Å². The molecule has 0 spiro atoms. The van der Waals surface area contributed by atoms with E-state index in [0.717, 1.165) is 0 Å². The summed E-state index contributed by atoms with van der Waals surface area (Å²) < 4.78 is 11.3. The second-order valence-electron chi connectivity index (χ2n) is 4.66. The lowest BCUT2D eigenvalue weighted by atomic mass is 10.5. The number of hydrazone groups is 1. The van der Waals surface area contributed by atoms with E-state index in [9.17, 15) is 4.79 Å². The summed E-state index contributed by atoms with van der Waals surface area (Å²) in [5, 5.41) is 5.25. The van der Waals surface area contributed by atoms with Crippen molar-refractivity contribution in [2.75, 3.05) is 0 Å². The first kappa shape index (κ1) is 12.2. The van der Waals surface area contributed by atoms with Crippen LogP contribution in [-0.2, 0) is 14.0 Å². The maximum absolute atomic E-state index is 11.4. The van der Waals surface area contributed by atoms with Crippen LogP contribution in [-0.4, -0.2) is 31.0 Å². The summed E-state index contributed by atoms with van der Waals surface area (Å²) in [4.78, 5) is 11.4. The zero-order chi connectivity index (χ0) is 11.9. The highest BCUT2D eigenvalue weighted by molar-refractivity contribution is 6.69. The zero-order valence-electron chi connectivity index (χ0n) is 10.1. The lowest BCUT2D eigenvalue weighted by Gasteiger charge is -2.35. The van der Waals surface area contributed by atoms with Crippen LogP contribution in [0.15, 0.2) is 5.10 Å². The van der Waals surface area contributed by atoms with E-state index in [-0.39, 0.29) is 5.91 Å². The van der Waals surface area contributed by atoms with Crippen molar-refractivity contribution in [3.8, 4) is 0 Å². The average molecular weight is 230 g/mol. The standard InChI is InChI=1S/C9H18N2O3Si/c1-7-10-11(8(2)12)9(3,13-7)14-15(4,5)6/h1-6H3. The molecule has 0 aliphatic carbocycles. The molecule has 1 atom stereocenters. The number of hydrogen-bond acceptors (Lipinski definition) is 4. The number of amides is 1. The van der Waals surface area contributed by atoms with Crippen molar-refractivity contribution in [1.29, 1.82) is 0 Å². The van der Waals surface area contributed by atoms with Gasteiger partial charge in [0.15, 0.2) is 8.32 Å².